The highest BCUT2D eigenvalue weighted by Gasteiger charge is 2.38. The van der Waals surface area contributed by atoms with Gasteiger partial charge in [0.2, 0.25) is 0 Å². The lowest BCUT2D eigenvalue weighted by molar-refractivity contribution is -0.146. The fourth-order valence-corrected chi connectivity index (χ4v) is 2.21. The number of hydrogen-bond acceptors (Lipinski definition) is 3. The molecule has 4 heteroatoms. The summed E-state index contributed by atoms with van der Waals surface area (Å²) in [6, 6.07) is 0.244. The molecule has 82 valence electrons. The molecule has 0 aromatic heterocycles. The van der Waals surface area contributed by atoms with Gasteiger partial charge in [0.15, 0.2) is 0 Å². The minimum Gasteiger partial charge on any atom is -0.481 e. The molecule has 2 N–H and O–H groups in total. The minimum atomic E-state index is -0.685. The molecule has 14 heavy (non-hydrogen) atoms. The van der Waals surface area contributed by atoms with Crippen LogP contribution in [0.1, 0.15) is 20.3 Å². The van der Waals surface area contributed by atoms with Crippen LogP contribution in [0.15, 0.2) is 0 Å². The third-order valence-corrected chi connectivity index (χ3v) is 3.19. The molecule has 0 aromatic carbocycles. The number of nitrogens with one attached hydrogen (secondary N) is 1. The zero-order valence-corrected chi connectivity index (χ0v) is 9.16. The van der Waals surface area contributed by atoms with E-state index < -0.39 is 5.97 Å². The van der Waals surface area contributed by atoms with Crippen LogP contribution in [0.5, 0.6) is 0 Å². The van der Waals surface area contributed by atoms with E-state index in [1.807, 2.05) is 20.9 Å². The monoisotopic (exact) mass is 200 g/mol. The number of carbonyl (C=O) groups is 1. The van der Waals surface area contributed by atoms with Crippen molar-refractivity contribution in [3.63, 3.8) is 0 Å². The molecule has 3 atom stereocenters. The average Bonchev–Trinajstić information content (AvgIpc) is 2.11. The Labute approximate surface area is 85.3 Å². The van der Waals surface area contributed by atoms with Gasteiger partial charge in [-0.05, 0) is 33.5 Å². The first-order valence-corrected chi connectivity index (χ1v) is 5.24. The molecule has 3 unspecified atom stereocenters. The van der Waals surface area contributed by atoms with E-state index in [9.17, 15) is 4.79 Å². The Morgan fingerprint density at radius 3 is 2.79 bits per heavy atom. The summed E-state index contributed by atoms with van der Waals surface area (Å²) in [7, 11) is 1.99. The summed E-state index contributed by atoms with van der Waals surface area (Å²) in [4.78, 5) is 13.2. The van der Waals surface area contributed by atoms with E-state index in [-0.39, 0.29) is 18.0 Å². The highest BCUT2D eigenvalue weighted by Crippen LogP contribution is 2.22. The summed E-state index contributed by atoms with van der Waals surface area (Å²) < 4.78 is 0. The number of hydrogen-bond donors (Lipinski definition) is 2. The number of nitrogens with zero attached hydrogens (tertiary/aromatic N) is 1. The molecule has 1 saturated heterocycles. The summed E-state index contributed by atoms with van der Waals surface area (Å²) >= 11 is 0. The lowest BCUT2D eigenvalue weighted by Gasteiger charge is -2.40. The van der Waals surface area contributed by atoms with Gasteiger partial charge in [-0.1, -0.05) is 6.92 Å². The summed E-state index contributed by atoms with van der Waals surface area (Å²) in [5.41, 5.74) is 0. The van der Waals surface area contributed by atoms with Gasteiger partial charge < -0.3 is 15.3 Å². The SMILES string of the molecule is CCNC1CCN(C)C(C)C1C(=O)O. The standard InChI is InChI=1S/C10H20N2O2/c1-4-11-8-5-6-12(3)7(2)9(8)10(13)14/h7-9,11H,4-6H2,1-3H3,(H,13,14). The van der Waals surface area contributed by atoms with Crippen LogP contribution in [0.2, 0.25) is 0 Å². The van der Waals surface area contributed by atoms with Crippen molar-refractivity contribution < 1.29 is 9.90 Å². The number of carboxylic acids is 1. The molecule has 1 aliphatic heterocycles. The lowest BCUT2D eigenvalue weighted by Crippen LogP contribution is -2.55. The van der Waals surface area contributed by atoms with Crippen LogP contribution in [-0.2, 0) is 4.79 Å². The maximum Gasteiger partial charge on any atom is 0.309 e. The van der Waals surface area contributed by atoms with Crippen LogP contribution in [0.4, 0.5) is 0 Å². The number of likely N-dealkylation sites (tertiary alicyclic amines) is 1. The topological polar surface area (TPSA) is 52.6 Å². The first kappa shape index (κ1) is 11.5. The predicted octanol–water partition coefficient (Wildman–Crippen LogP) is 0.389. The molecular weight excluding hydrogens is 180 g/mol. The van der Waals surface area contributed by atoms with Crippen molar-refractivity contribution in [1.82, 2.24) is 10.2 Å². The van der Waals surface area contributed by atoms with E-state index in [1.54, 1.807) is 0 Å². The average molecular weight is 200 g/mol. The van der Waals surface area contributed by atoms with Gasteiger partial charge in [-0.15, -0.1) is 0 Å². The molecule has 0 spiro atoms. The second-order valence-electron chi connectivity index (χ2n) is 4.04. The summed E-state index contributed by atoms with van der Waals surface area (Å²) in [5, 5.41) is 12.4. The molecular formula is C10H20N2O2. The van der Waals surface area contributed by atoms with E-state index in [1.165, 1.54) is 0 Å². The van der Waals surface area contributed by atoms with E-state index in [0.717, 1.165) is 19.5 Å². The lowest BCUT2D eigenvalue weighted by atomic mass is 9.86. The number of carboxylic acid groups (broad SMARTS) is 1. The van der Waals surface area contributed by atoms with Crippen molar-refractivity contribution in [2.45, 2.75) is 32.4 Å². The van der Waals surface area contributed by atoms with E-state index in [2.05, 4.69) is 10.2 Å². The van der Waals surface area contributed by atoms with Crippen molar-refractivity contribution in [3.8, 4) is 0 Å². The fraction of sp³-hybridized carbons (Fsp3) is 0.900. The smallest absolute Gasteiger partial charge is 0.309 e. The second kappa shape index (κ2) is 4.75. The molecule has 0 bridgehead atoms. The van der Waals surface area contributed by atoms with Crippen molar-refractivity contribution in [1.29, 1.82) is 0 Å². The van der Waals surface area contributed by atoms with E-state index >= 15 is 0 Å². The van der Waals surface area contributed by atoms with Crippen LogP contribution >= 0.6 is 0 Å². The van der Waals surface area contributed by atoms with Crippen molar-refractivity contribution in [2.24, 2.45) is 5.92 Å². The molecule has 1 heterocycles. The highest BCUT2D eigenvalue weighted by atomic mass is 16.4. The van der Waals surface area contributed by atoms with Gasteiger partial charge in [-0.25, -0.2) is 0 Å². The summed E-state index contributed by atoms with van der Waals surface area (Å²) in [6.07, 6.45) is 0.922. The normalized spacial score (nSPS) is 34.4. The van der Waals surface area contributed by atoms with Gasteiger partial charge in [-0.2, -0.15) is 0 Å². The van der Waals surface area contributed by atoms with E-state index in [4.69, 9.17) is 5.11 Å². The molecule has 0 radical (unpaired) electrons. The zero-order valence-electron chi connectivity index (χ0n) is 9.16. The Morgan fingerprint density at radius 2 is 2.29 bits per heavy atom. The van der Waals surface area contributed by atoms with Crippen LogP contribution in [0.25, 0.3) is 0 Å². The van der Waals surface area contributed by atoms with Crippen molar-refractivity contribution in [3.05, 3.63) is 0 Å². The maximum absolute atomic E-state index is 11.1. The molecule has 1 rings (SSSR count). The first-order valence-electron chi connectivity index (χ1n) is 5.24. The van der Waals surface area contributed by atoms with Crippen LogP contribution in [-0.4, -0.2) is 48.2 Å². The Hall–Kier alpha value is -0.610. The second-order valence-corrected chi connectivity index (χ2v) is 4.04. The van der Waals surface area contributed by atoms with Crippen LogP contribution in [0, 0.1) is 5.92 Å². The summed E-state index contributed by atoms with van der Waals surface area (Å²) in [5.74, 6) is -0.969. The maximum atomic E-state index is 11.1. The van der Waals surface area contributed by atoms with Gasteiger partial charge in [0.1, 0.15) is 0 Å². The Morgan fingerprint density at radius 1 is 1.64 bits per heavy atom. The Kier molecular flexibility index (Phi) is 3.89. The van der Waals surface area contributed by atoms with E-state index in [0.29, 0.717) is 0 Å². The quantitative estimate of drug-likeness (QED) is 0.692. The molecule has 0 aliphatic carbocycles. The molecule has 1 fully saturated rings. The van der Waals surface area contributed by atoms with Gasteiger partial charge >= 0.3 is 5.97 Å². The van der Waals surface area contributed by atoms with Crippen LogP contribution < -0.4 is 5.32 Å². The largest absolute Gasteiger partial charge is 0.481 e. The zero-order chi connectivity index (χ0) is 10.7. The molecule has 4 nitrogen and oxygen atoms in total. The first-order chi connectivity index (χ1) is 6.57. The van der Waals surface area contributed by atoms with Gasteiger partial charge in [-0.3, -0.25) is 4.79 Å². The van der Waals surface area contributed by atoms with Crippen molar-refractivity contribution >= 4 is 5.97 Å². The minimum absolute atomic E-state index is 0.116. The molecule has 0 saturated carbocycles. The summed E-state index contributed by atoms with van der Waals surface area (Å²) in [6.45, 7) is 5.82. The van der Waals surface area contributed by atoms with Gasteiger partial charge in [0.05, 0.1) is 5.92 Å². The Balaban J connectivity index is 2.71. The third kappa shape index (κ3) is 2.25. The number of piperidine rings is 1. The highest BCUT2D eigenvalue weighted by molar-refractivity contribution is 5.72. The van der Waals surface area contributed by atoms with Gasteiger partial charge in [0.25, 0.3) is 0 Å². The molecule has 0 amide bonds. The third-order valence-electron chi connectivity index (χ3n) is 3.19. The van der Waals surface area contributed by atoms with Crippen molar-refractivity contribution in [2.75, 3.05) is 20.1 Å². The number of aliphatic carboxylic acids is 1. The number of rotatable bonds is 3. The van der Waals surface area contributed by atoms with Gasteiger partial charge in [0, 0.05) is 12.1 Å². The van der Waals surface area contributed by atoms with Crippen LogP contribution in [0.3, 0.4) is 0 Å². The predicted molar refractivity (Wildman–Crippen MR) is 55.3 cm³/mol. The fourth-order valence-electron chi connectivity index (χ4n) is 2.21. The Bertz CT molecular complexity index is 208. The molecule has 1 aliphatic rings. The molecule has 0 aromatic rings.